The minimum absolute atomic E-state index is 0.415. The first kappa shape index (κ1) is 10.6. The van der Waals surface area contributed by atoms with Crippen molar-refractivity contribution >= 4 is 0 Å². The highest BCUT2D eigenvalue weighted by Crippen LogP contribution is 2.19. The highest BCUT2D eigenvalue weighted by Gasteiger charge is 2.18. The highest BCUT2D eigenvalue weighted by molar-refractivity contribution is 5.11. The second kappa shape index (κ2) is 4.75. The lowest BCUT2D eigenvalue weighted by Gasteiger charge is -2.18. The SMILES string of the molecule is CCn1nnc2c1CCC(OC)CCC2. The molecule has 1 aliphatic rings. The molecule has 0 bridgehead atoms. The van der Waals surface area contributed by atoms with E-state index in [-0.39, 0.29) is 0 Å². The summed E-state index contributed by atoms with van der Waals surface area (Å²) in [6.07, 6.45) is 5.92. The molecular formula is C11H19N3O. The number of methoxy groups -OCH3 is 1. The number of hydrogen-bond acceptors (Lipinski definition) is 3. The summed E-state index contributed by atoms with van der Waals surface area (Å²) in [5.74, 6) is 0. The number of fused-ring (bicyclic) bond motifs is 1. The number of nitrogens with zero attached hydrogens (tertiary/aromatic N) is 3. The van der Waals surface area contributed by atoms with E-state index in [1.807, 2.05) is 11.8 Å². The minimum Gasteiger partial charge on any atom is -0.381 e. The molecule has 0 saturated heterocycles. The Hall–Kier alpha value is -0.900. The van der Waals surface area contributed by atoms with Gasteiger partial charge in [-0.05, 0) is 39.0 Å². The summed E-state index contributed by atoms with van der Waals surface area (Å²) in [6.45, 7) is 3.03. The molecule has 1 aliphatic carbocycles. The number of aromatic nitrogens is 3. The molecular weight excluding hydrogens is 190 g/mol. The fraction of sp³-hybridized carbons (Fsp3) is 0.818. The van der Waals surface area contributed by atoms with E-state index in [1.165, 1.54) is 11.4 Å². The summed E-state index contributed by atoms with van der Waals surface area (Å²) in [5.41, 5.74) is 2.52. The molecule has 15 heavy (non-hydrogen) atoms. The molecule has 84 valence electrons. The van der Waals surface area contributed by atoms with Crippen LogP contribution in [0.15, 0.2) is 0 Å². The maximum Gasteiger partial charge on any atom is 0.0859 e. The Bertz CT molecular complexity index is 322. The molecule has 1 atom stereocenters. The molecule has 0 aliphatic heterocycles. The van der Waals surface area contributed by atoms with Crippen molar-refractivity contribution in [1.82, 2.24) is 15.0 Å². The van der Waals surface area contributed by atoms with Gasteiger partial charge < -0.3 is 4.74 Å². The second-order valence-corrected chi connectivity index (χ2v) is 4.09. The van der Waals surface area contributed by atoms with Gasteiger partial charge in [-0.15, -0.1) is 5.10 Å². The normalized spacial score (nSPS) is 21.9. The molecule has 1 unspecified atom stereocenters. The maximum absolute atomic E-state index is 5.44. The molecule has 4 heteroatoms. The summed E-state index contributed by atoms with van der Waals surface area (Å²) in [6, 6.07) is 0. The topological polar surface area (TPSA) is 39.9 Å². The number of rotatable bonds is 2. The van der Waals surface area contributed by atoms with Crippen molar-refractivity contribution in [3.63, 3.8) is 0 Å². The van der Waals surface area contributed by atoms with Crippen molar-refractivity contribution in [2.45, 2.75) is 51.7 Å². The van der Waals surface area contributed by atoms with E-state index in [2.05, 4.69) is 17.2 Å². The van der Waals surface area contributed by atoms with E-state index in [0.29, 0.717) is 6.10 Å². The summed E-state index contributed by atoms with van der Waals surface area (Å²) in [4.78, 5) is 0. The Labute approximate surface area is 90.6 Å². The monoisotopic (exact) mass is 209 g/mol. The van der Waals surface area contributed by atoms with Crippen molar-refractivity contribution in [2.75, 3.05) is 7.11 Å². The van der Waals surface area contributed by atoms with Crippen LogP contribution in [0.2, 0.25) is 0 Å². The van der Waals surface area contributed by atoms with Gasteiger partial charge >= 0.3 is 0 Å². The first-order chi connectivity index (χ1) is 7.35. The maximum atomic E-state index is 5.44. The fourth-order valence-corrected chi connectivity index (χ4v) is 2.27. The van der Waals surface area contributed by atoms with Crippen LogP contribution in [0, 0.1) is 0 Å². The van der Waals surface area contributed by atoms with Crippen LogP contribution in [0.5, 0.6) is 0 Å². The van der Waals surface area contributed by atoms with Crippen LogP contribution >= 0.6 is 0 Å². The third kappa shape index (κ3) is 2.20. The van der Waals surface area contributed by atoms with Gasteiger partial charge in [0.05, 0.1) is 17.5 Å². The van der Waals surface area contributed by atoms with Gasteiger partial charge in [0.2, 0.25) is 0 Å². The van der Waals surface area contributed by atoms with Gasteiger partial charge in [-0.25, -0.2) is 4.68 Å². The van der Waals surface area contributed by atoms with Crippen molar-refractivity contribution in [3.05, 3.63) is 11.4 Å². The lowest BCUT2D eigenvalue weighted by atomic mass is 9.99. The molecule has 0 spiro atoms. The van der Waals surface area contributed by atoms with Crippen LogP contribution < -0.4 is 0 Å². The van der Waals surface area contributed by atoms with E-state index in [1.54, 1.807) is 0 Å². The van der Waals surface area contributed by atoms with E-state index < -0.39 is 0 Å². The van der Waals surface area contributed by atoms with Gasteiger partial charge in [-0.3, -0.25) is 0 Å². The zero-order valence-corrected chi connectivity index (χ0v) is 9.57. The number of aryl methyl sites for hydroxylation is 2. The molecule has 2 rings (SSSR count). The quantitative estimate of drug-likeness (QED) is 0.742. The van der Waals surface area contributed by atoms with Crippen LogP contribution in [0.1, 0.15) is 37.6 Å². The van der Waals surface area contributed by atoms with Crippen LogP contribution in [-0.4, -0.2) is 28.2 Å². The Balaban J connectivity index is 2.16. The first-order valence-corrected chi connectivity index (χ1v) is 5.79. The Morgan fingerprint density at radius 1 is 1.40 bits per heavy atom. The molecule has 1 heterocycles. The molecule has 1 aromatic heterocycles. The molecule has 4 nitrogen and oxygen atoms in total. The molecule has 0 saturated carbocycles. The van der Waals surface area contributed by atoms with Gasteiger partial charge in [0.15, 0.2) is 0 Å². The predicted octanol–water partition coefficient (Wildman–Crippen LogP) is 1.58. The third-order valence-electron chi connectivity index (χ3n) is 3.19. The molecule has 1 aromatic rings. The lowest BCUT2D eigenvalue weighted by molar-refractivity contribution is 0.0847. The van der Waals surface area contributed by atoms with Crippen molar-refractivity contribution < 1.29 is 4.74 Å². The van der Waals surface area contributed by atoms with Crippen LogP contribution in [0.4, 0.5) is 0 Å². The summed E-state index contributed by atoms with van der Waals surface area (Å²) in [7, 11) is 1.81. The number of ether oxygens (including phenoxy) is 1. The molecule has 0 radical (unpaired) electrons. The largest absolute Gasteiger partial charge is 0.381 e. The van der Waals surface area contributed by atoms with Crippen molar-refractivity contribution in [3.8, 4) is 0 Å². The van der Waals surface area contributed by atoms with E-state index in [9.17, 15) is 0 Å². The summed E-state index contributed by atoms with van der Waals surface area (Å²) >= 11 is 0. The van der Waals surface area contributed by atoms with Crippen LogP contribution in [0.3, 0.4) is 0 Å². The second-order valence-electron chi connectivity index (χ2n) is 4.09. The Morgan fingerprint density at radius 2 is 2.27 bits per heavy atom. The van der Waals surface area contributed by atoms with Crippen LogP contribution in [-0.2, 0) is 24.1 Å². The van der Waals surface area contributed by atoms with E-state index >= 15 is 0 Å². The van der Waals surface area contributed by atoms with Crippen molar-refractivity contribution in [2.24, 2.45) is 0 Å². The first-order valence-electron chi connectivity index (χ1n) is 5.79. The highest BCUT2D eigenvalue weighted by atomic mass is 16.5. The average molecular weight is 209 g/mol. The van der Waals surface area contributed by atoms with Crippen LogP contribution in [0.25, 0.3) is 0 Å². The number of hydrogen-bond donors (Lipinski definition) is 0. The summed E-state index contributed by atoms with van der Waals surface area (Å²) < 4.78 is 7.46. The average Bonchev–Trinajstić information content (AvgIpc) is 2.60. The van der Waals surface area contributed by atoms with Gasteiger partial charge in [0, 0.05) is 13.7 Å². The molecule has 0 N–H and O–H groups in total. The fourth-order valence-electron chi connectivity index (χ4n) is 2.27. The van der Waals surface area contributed by atoms with Crippen molar-refractivity contribution in [1.29, 1.82) is 0 Å². The third-order valence-corrected chi connectivity index (χ3v) is 3.19. The Kier molecular flexibility index (Phi) is 3.36. The van der Waals surface area contributed by atoms with Gasteiger partial charge in [-0.1, -0.05) is 5.21 Å². The lowest BCUT2D eigenvalue weighted by Crippen LogP contribution is -2.16. The van der Waals surface area contributed by atoms with Gasteiger partial charge in [0.1, 0.15) is 0 Å². The standard InChI is InChI=1S/C11H19N3O/c1-3-14-11-8-7-9(15-2)5-4-6-10(11)12-13-14/h9H,3-8H2,1-2H3. The molecule has 0 fully saturated rings. The van der Waals surface area contributed by atoms with E-state index in [0.717, 1.165) is 38.6 Å². The predicted molar refractivity (Wildman–Crippen MR) is 57.8 cm³/mol. The van der Waals surface area contributed by atoms with Gasteiger partial charge in [-0.2, -0.15) is 0 Å². The Morgan fingerprint density at radius 3 is 3.00 bits per heavy atom. The molecule has 0 amide bonds. The van der Waals surface area contributed by atoms with E-state index in [4.69, 9.17) is 4.74 Å². The van der Waals surface area contributed by atoms with Gasteiger partial charge in [0.25, 0.3) is 0 Å². The zero-order valence-electron chi connectivity index (χ0n) is 9.57. The zero-order chi connectivity index (χ0) is 10.7. The molecule has 0 aromatic carbocycles. The minimum atomic E-state index is 0.415. The summed E-state index contributed by atoms with van der Waals surface area (Å²) in [5, 5.41) is 8.43. The smallest absolute Gasteiger partial charge is 0.0859 e.